The van der Waals surface area contributed by atoms with Crippen molar-refractivity contribution in [3.63, 3.8) is 0 Å². The summed E-state index contributed by atoms with van der Waals surface area (Å²) in [6.45, 7) is 11.8. The van der Waals surface area contributed by atoms with E-state index in [1.807, 2.05) is 13.8 Å². The molecular weight excluding hydrogens is 248 g/mol. The quantitative estimate of drug-likeness (QED) is 0.878. The fourth-order valence-electron chi connectivity index (χ4n) is 1.29. The number of carbonyl (C=O) groups excluding carboxylic acids is 1. The maximum atomic E-state index is 11.6. The molecule has 0 aliphatic heterocycles. The first-order valence-electron chi connectivity index (χ1n) is 5.99. The molecule has 5 nitrogen and oxygen atoms in total. The molecule has 1 aromatic rings. The predicted molar refractivity (Wildman–Crippen MR) is 74.7 cm³/mol. The molecule has 1 rings (SSSR count). The van der Waals surface area contributed by atoms with Gasteiger partial charge >= 0.3 is 0 Å². The van der Waals surface area contributed by atoms with Crippen molar-refractivity contribution in [1.29, 1.82) is 0 Å². The summed E-state index contributed by atoms with van der Waals surface area (Å²) < 4.78 is 4.31. The Hall–Kier alpha value is -1.17. The second-order valence-corrected chi connectivity index (χ2v) is 6.77. The van der Waals surface area contributed by atoms with E-state index in [1.54, 1.807) is 6.92 Å². The number of nitrogens with two attached hydrogens (primary N) is 1. The molecule has 102 valence electrons. The van der Waals surface area contributed by atoms with Crippen LogP contribution in [-0.4, -0.2) is 20.8 Å². The van der Waals surface area contributed by atoms with Crippen molar-refractivity contribution in [2.45, 2.75) is 52.5 Å². The summed E-state index contributed by atoms with van der Waals surface area (Å²) in [6.07, 6.45) is 0. The van der Waals surface area contributed by atoms with Crippen LogP contribution in [0.3, 0.4) is 0 Å². The zero-order valence-corrected chi connectivity index (χ0v) is 12.7. The van der Waals surface area contributed by atoms with Gasteiger partial charge in [-0.3, -0.25) is 4.79 Å². The molecule has 0 aliphatic carbocycles. The Kier molecular flexibility index (Phi) is 4.00. The summed E-state index contributed by atoms with van der Waals surface area (Å²) in [5.41, 5.74) is 4.56. The van der Waals surface area contributed by atoms with Crippen LogP contribution in [0.1, 0.15) is 47.4 Å². The van der Waals surface area contributed by atoms with Gasteiger partial charge in [-0.1, -0.05) is 34.6 Å². The standard InChI is InChI=1S/C12H22N4OS/c1-7(2)12(6,8(13)17)15-10-14-9(16-18-10)11(3,4)5/h7H,1-6H3,(H2,13,17)(H,14,15,16). The normalized spacial score (nSPS) is 15.5. The van der Waals surface area contributed by atoms with Crippen molar-refractivity contribution in [2.24, 2.45) is 11.7 Å². The molecule has 0 aliphatic rings. The number of carbonyl (C=O) groups is 1. The van der Waals surface area contributed by atoms with Crippen molar-refractivity contribution in [1.82, 2.24) is 9.36 Å². The molecule has 0 saturated carbocycles. The van der Waals surface area contributed by atoms with Crippen LogP contribution in [0, 0.1) is 5.92 Å². The molecule has 0 spiro atoms. The largest absolute Gasteiger partial charge is 0.368 e. The van der Waals surface area contributed by atoms with Crippen LogP contribution in [0.2, 0.25) is 0 Å². The predicted octanol–water partition coefficient (Wildman–Crippen LogP) is 2.15. The molecule has 1 heterocycles. The Labute approximate surface area is 112 Å². The van der Waals surface area contributed by atoms with E-state index in [-0.39, 0.29) is 17.2 Å². The van der Waals surface area contributed by atoms with E-state index < -0.39 is 5.54 Å². The average molecular weight is 270 g/mol. The molecule has 0 saturated heterocycles. The molecule has 1 unspecified atom stereocenters. The van der Waals surface area contributed by atoms with Gasteiger partial charge in [-0.05, 0) is 12.8 Å². The third kappa shape index (κ3) is 2.98. The van der Waals surface area contributed by atoms with Gasteiger partial charge < -0.3 is 11.1 Å². The van der Waals surface area contributed by atoms with E-state index in [0.717, 1.165) is 5.82 Å². The fourth-order valence-corrected chi connectivity index (χ4v) is 2.16. The molecule has 1 atom stereocenters. The maximum absolute atomic E-state index is 11.6. The first-order chi connectivity index (χ1) is 8.07. The van der Waals surface area contributed by atoms with Crippen LogP contribution >= 0.6 is 11.5 Å². The van der Waals surface area contributed by atoms with Crippen LogP contribution in [0.15, 0.2) is 0 Å². The van der Waals surface area contributed by atoms with Gasteiger partial charge in [0.1, 0.15) is 11.4 Å². The van der Waals surface area contributed by atoms with E-state index in [2.05, 4.69) is 35.4 Å². The number of anilines is 1. The third-order valence-corrected chi connectivity index (χ3v) is 3.76. The van der Waals surface area contributed by atoms with Crippen LogP contribution in [0.25, 0.3) is 0 Å². The van der Waals surface area contributed by atoms with Crippen molar-refractivity contribution in [3.05, 3.63) is 5.82 Å². The fraction of sp³-hybridized carbons (Fsp3) is 0.750. The summed E-state index contributed by atoms with van der Waals surface area (Å²) >= 11 is 1.26. The monoisotopic (exact) mass is 270 g/mol. The van der Waals surface area contributed by atoms with Crippen molar-refractivity contribution >= 4 is 22.6 Å². The van der Waals surface area contributed by atoms with Gasteiger partial charge in [-0.25, -0.2) is 4.98 Å². The molecule has 1 aromatic heterocycles. The number of amides is 1. The van der Waals surface area contributed by atoms with Crippen molar-refractivity contribution in [2.75, 3.05) is 5.32 Å². The first-order valence-corrected chi connectivity index (χ1v) is 6.77. The zero-order valence-electron chi connectivity index (χ0n) is 11.9. The Morgan fingerprint density at radius 1 is 1.33 bits per heavy atom. The Morgan fingerprint density at radius 2 is 1.89 bits per heavy atom. The van der Waals surface area contributed by atoms with Crippen LogP contribution in [0.4, 0.5) is 5.13 Å². The van der Waals surface area contributed by atoms with Crippen LogP contribution in [0.5, 0.6) is 0 Å². The summed E-state index contributed by atoms with van der Waals surface area (Å²) in [4.78, 5) is 16.0. The number of primary amides is 1. The minimum Gasteiger partial charge on any atom is -0.368 e. The number of rotatable bonds is 4. The van der Waals surface area contributed by atoms with Crippen molar-refractivity contribution in [3.8, 4) is 0 Å². The SMILES string of the molecule is CC(C)C(C)(Nc1nc(C(C)(C)C)ns1)C(N)=O. The van der Waals surface area contributed by atoms with E-state index >= 15 is 0 Å². The highest BCUT2D eigenvalue weighted by Crippen LogP contribution is 2.27. The zero-order chi connectivity index (χ0) is 14.1. The van der Waals surface area contributed by atoms with Gasteiger partial charge in [-0.15, -0.1) is 0 Å². The van der Waals surface area contributed by atoms with E-state index in [0.29, 0.717) is 5.13 Å². The van der Waals surface area contributed by atoms with Gasteiger partial charge in [0.15, 0.2) is 0 Å². The Bertz CT molecular complexity index is 436. The molecule has 0 fully saturated rings. The highest BCUT2D eigenvalue weighted by molar-refractivity contribution is 7.09. The minimum atomic E-state index is -0.811. The summed E-state index contributed by atoms with van der Waals surface area (Å²) in [6, 6.07) is 0. The number of aromatic nitrogens is 2. The second-order valence-electron chi connectivity index (χ2n) is 6.02. The molecular formula is C12H22N4OS. The average Bonchev–Trinajstić information content (AvgIpc) is 2.64. The molecule has 18 heavy (non-hydrogen) atoms. The number of hydrogen-bond acceptors (Lipinski definition) is 5. The Morgan fingerprint density at radius 3 is 2.22 bits per heavy atom. The molecule has 0 bridgehead atoms. The molecule has 0 radical (unpaired) electrons. The lowest BCUT2D eigenvalue weighted by molar-refractivity contribution is -0.123. The highest BCUT2D eigenvalue weighted by atomic mass is 32.1. The lowest BCUT2D eigenvalue weighted by atomic mass is 9.88. The maximum Gasteiger partial charge on any atom is 0.243 e. The highest BCUT2D eigenvalue weighted by Gasteiger charge is 2.36. The van der Waals surface area contributed by atoms with Crippen LogP contribution in [-0.2, 0) is 10.2 Å². The number of nitrogens with one attached hydrogen (secondary N) is 1. The van der Waals surface area contributed by atoms with Crippen molar-refractivity contribution < 1.29 is 4.79 Å². The summed E-state index contributed by atoms with van der Waals surface area (Å²) in [7, 11) is 0. The lowest BCUT2D eigenvalue weighted by Gasteiger charge is -2.30. The third-order valence-electron chi connectivity index (χ3n) is 3.13. The van der Waals surface area contributed by atoms with E-state index in [4.69, 9.17) is 5.73 Å². The summed E-state index contributed by atoms with van der Waals surface area (Å²) in [5.74, 6) is 0.451. The molecule has 6 heteroatoms. The van der Waals surface area contributed by atoms with Gasteiger partial charge in [0.2, 0.25) is 11.0 Å². The number of hydrogen-bond donors (Lipinski definition) is 2. The minimum absolute atomic E-state index is 0.0667. The van der Waals surface area contributed by atoms with Gasteiger partial charge in [-0.2, -0.15) is 4.37 Å². The van der Waals surface area contributed by atoms with Gasteiger partial charge in [0.05, 0.1) is 0 Å². The van der Waals surface area contributed by atoms with Gasteiger partial charge in [0, 0.05) is 16.9 Å². The van der Waals surface area contributed by atoms with Crippen LogP contribution < -0.4 is 11.1 Å². The smallest absolute Gasteiger partial charge is 0.243 e. The molecule has 1 amide bonds. The lowest BCUT2D eigenvalue weighted by Crippen LogP contribution is -2.51. The van der Waals surface area contributed by atoms with E-state index in [9.17, 15) is 4.79 Å². The number of nitrogens with zero attached hydrogens (tertiary/aromatic N) is 2. The topological polar surface area (TPSA) is 80.9 Å². The second kappa shape index (κ2) is 4.84. The summed E-state index contributed by atoms with van der Waals surface area (Å²) in [5, 5.41) is 3.75. The van der Waals surface area contributed by atoms with E-state index in [1.165, 1.54) is 11.5 Å². The first kappa shape index (κ1) is 14.9. The van der Waals surface area contributed by atoms with Gasteiger partial charge in [0.25, 0.3) is 0 Å². The Balaban J connectivity index is 2.97. The molecule has 0 aromatic carbocycles. The molecule has 3 N–H and O–H groups in total.